The molecule has 4 aromatic carbocycles. The molecule has 188 valence electrons. The first-order chi connectivity index (χ1) is 18.4. The molecule has 6 rings (SSSR count). The van der Waals surface area contributed by atoms with E-state index in [1.807, 2.05) is 42.5 Å². The number of amides is 2. The van der Waals surface area contributed by atoms with Gasteiger partial charge in [0, 0.05) is 33.5 Å². The molecule has 6 nitrogen and oxygen atoms in total. The minimum atomic E-state index is -1.25. The Balaban J connectivity index is 1.34. The van der Waals surface area contributed by atoms with Gasteiger partial charge < -0.3 is 4.74 Å². The third-order valence-corrected chi connectivity index (χ3v) is 7.51. The first kappa shape index (κ1) is 24.1. The highest BCUT2D eigenvalue weighted by atomic mass is 35.5. The zero-order valence-electron chi connectivity index (χ0n) is 20.3. The number of ether oxygens (including phenoxy) is 1. The van der Waals surface area contributed by atoms with Crippen LogP contribution in [0.5, 0.6) is 0 Å². The third kappa shape index (κ3) is 4.07. The van der Waals surface area contributed by atoms with E-state index in [1.54, 1.807) is 36.4 Å². The topological polar surface area (TPSA) is 80.8 Å². The number of hydrogen-bond donors (Lipinski definition) is 0. The van der Waals surface area contributed by atoms with Crippen molar-refractivity contribution in [1.29, 1.82) is 0 Å². The maximum atomic E-state index is 13.8. The number of carbonyl (C=O) groups is 4. The second-order valence-electron chi connectivity index (χ2n) is 9.52. The molecule has 0 N–H and O–H groups in total. The molecule has 0 bridgehead atoms. The normalized spacial score (nSPS) is 14.6. The maximum absolute atomic E-state index is 13.8. The molecule has 1 heterocycles. The van der Waals surface area contributed by atoms with Crippen LogP contribution >= 0.6 is 11.6 Å². The molecule has 0 saturated heterocycles. The monoisotopic (exact) mass is 523 g/mol. The zero-order chi connectivity index (χ0) is 26.4. The lowest BCUT2D eigenvalue weighted by Crippen LogP contribution is -2.52. The predicted octanol–water partition coefficient (Wildman–Crippen LogP) is 5.23. The molecule has 0 spiro atoms. The summed E-state index contributed by atoms with van der Waals surface area (Å²) in [7, 11) is 0. The van der Waals surface area contributed by atoms with Gasteiger partial charge in [0.2, 0.25) is 0 Å². The van der Waals surface area contributed by atoms with E-state index in [-0.39, 0.29) is 6.42 Å². The first-order valence-electron chi connectivity index (χ1n) is 12.4. The summed E-state index contributed by atoms with van der Waals surface area (Å²) in [5.41, 5.74) is 4.12. The van der Waals surface area contributed by atoms with Crippen LogP contribution in [0.15, 0.2) is 78.9 Å². The third-order valence-electron chi connectivity index (χ3n) is 7.26. The number of benzene rings is 4. The predicted molar refractivity (Wildman–Crippen MR) is 143 cm³/mol. The van der Waals surface area contributed by atoms with Gasteiger partial charge in [0.05, 0.1) is 0 Å². The van der Waals surface area contributed by atoms with Gasteiger partial charge in [-0.15, -0.1) is 0 Å². The summed E-state index contributed by atoms with van der Waals surface area (Å²) in [6, 6.07) is 21.4. The average Bonchev–Trinajstić information content (AvgIpc) is 3.36. The number of nitrogens with zero attached hydrogens (tertiary/aromatic N) is 1. The van der Waals surface area contributed by atoms with Gasteiger partial charge in [-0.05, 0) is 71.3 Å². The lowest BCUT2D eigenvalue weighted by molar-refractivity contribution is -0.147. The molecule has 4 aromatic rings. The molecule has 1 atom stereocenters. The van der Waals surface area contributed by atoms with E-state index in [4.69, 9.17) is 16.3 Å². The summed E-state index contributed by atoms with van der Waals surface area (Å²) in [4.78, 5) is 54.7. The number of carbonyl (C=O) groups excluding carboxylic acids is 4. The number of aryl methyl sites for hydroxylation is 2. The van der Waals surface area contributed by atoms with Gasteiger partial charge >= 0.3 is 5.97 Å². The summed E-state index contributed by atoms with van der Waals surface area (Å²) in [6.07, 6.45) is 1.79. The fraction of sp³-hybridized carbons (Fsp3) is 0.161. The number of ketones is 1. The molecule has 7 heteroatoms. The van der Waals surface area contributed by atoms with Gasteiger partial charge in [0.25, 0.3) is 11.8 Å². The Kier molecular flexibility index (Phi) is 6.04. The van der Waals surface area contributed by atoms with Crippen molar-refractivity contribution in [3.63, 3.8) is 0 Å². The SMILES string of the molecule is O=C(COC(=O)[C@H](Cc1ccccc1)N1C(=O)c2ccc3c4c(ccc(c24)C1=O)CC3)c1ccc(Cl)cc1. The molecule has 0 fully saturated rings. The highest BCUT2D eigenvalue weighted by molar-refractivity contribution is 6.30. The van der Waals surface area contributed by atoms with E-state index in [0.29, 0.717) is 27.1 Å². The van der Waals surface area contributed by atoms with Crippen LogP contribution in [0, 0.1) is 0 Å². The molecule has 0 unspecified atom stereocenters. The maximum Gasteiger partial charge on any atom is 0.330 e. The van der Waals surface area contributed by atoms with Crippen molar-refractivity contribution in [2.24, 2.45) is 0 Å². The number of esters is 1. The fourth-order valence-corrected chi connectivity index (χ4v) is 5.52. The van der Waals surface area contributed by atoms with Crippen LogP contribution in [0.2, 0.25) is 5.02 Å². The molecule has 0 radical (unpaired) electrons. The van der Waals surface area contributed by atoms with E-state index in [2.05, 4.69) is 0 Å². The Morgan fingerprint density at radius 2 is 1.39 bits per heavy atom. The number of rotatable bonds is 7. The quantitative estimate of drug-likeness (QED) is 0.188. The molecule has 2 amide bonds. The van der Waals surface area contributed by atoms with Crippen LogP contribution in [0.3, 0.4) is 0 Å². The van der Waals surface area contributed by atoms with Crippen LogP contribution in [0.1, 0.15) is 47.8 Å². The summed E-state index contributed by atoms with van der Waals surface area (Å²) < 4.78 is 5.41. The Labute approximate surface area is 223 Å². The van der Waals surface area contributed by atoms with Crippen LogP contribution in [-0.4, -0.2) is 41.1 Å². The van der Waals surface area contributed by atoms with E-state index in [1.165, 1.54) is 0 Å². The number of hydrogen-bond acceptors (Lipinski definition) is 5. The lowest BCUT2D eigenvalue weighted by atomic mass is 9.90. The highest BCUT2D eigenvalue weighted by Crippen LogP contribution is 2.39. The fourth-order valence-electron chi connectivity index (χ4n) is 5.39. The Bertz CT molecular complexity index is 1570. The van der Waals surface area contributed by atoms with Gasteiger partial charge in [-0.2, -0.15) is 0 Å². The number of halogens is 1. The smallest absolute Gasteiger partial charge is 0.330 e. The zero-order valence-corrected chi connectivity index (χ0v) is 21.0. The lowest BCUT2D eigenvalue weighted by Gasteiger charge is -2.33. The van der Waals surface area contributed by atoms with Crippen molar-refractivity contribution in [3.05, 3.63) is 117 Å². The van der Waals surface area contributed by atoms with E-state index < -0.39 is 36.2 Å². The van der Waals surface area contributed by atoms with E-state index >= 15 is 0 Å². The van der Waals surface area contributed by atoms with Gasteiger partial charge in [0.15, 0.2) is 12.4 Å². The highest BCUT2D eigenvalue weighted by Gasteiger charge is 2.42. The molecule has 1 aliphatic carbocycles. The average molecular weight is 524 g/mol. The second-order valence-corrected chi connectivity index (χ2v) is 9.95. The van der Waals surface area contributed by atoms with Crippen molar-refractivity contribution in [1.82, 2.24) is 4.90 Å². The van der Waals surface area contributed by atoms with Crippen LogP contribution in [0.25, 0.3) is 10.8 Å². The van der Waals surface area contributed by atoms with Crippen LogP contribution < -0.4 is 0 Å². The Morgan fingerprint density at radius 1 is 0.789 bits per heavy atom. The Morgan fingerprint density at radius 3 is 2.00 bits per heavy atom. The molecular formula is C31H22ClNO5. The summed E-state index contributed by atoms with van der Waals surface area (Å²) in [5.74, 6) is -2.33. The van der Waals surface area contributed by atoms with Crippen molar-refractivity contribution < 1.29 is 23.9 Å². The summed E-state index contributed by atoms with van der Waals surface area (Å²) in [6.45, 7) is -0.527. The number of imide groups is 1. The molecule has 2 aliphatic rings. The Hall–Kier alpha value is -4.29. The van der Waals surface area contributed by atoms with Crippen molar-refractivity contribution in [2.75, 3.05) is 6.61 Å². The van der Waals surface area contributed by atoms with Gasteiger partial charge in [-0.3, -0.25) is 19.3 Å². The van der Waals surface area contributed by atoms with E-state index in [9.17, 15) is 19.2 Å². The van der Waals surface area contributed by atoms with Crippen LogP contribution in [0.4, 0.5) is 0 Å². The minimum absolute atomic E-state index is 0.0565. The van der Waals surface area contributed by atoms with Crippen molar-refractivity contribution >= 4 is 45.9 Å². The van der Waals surface area contributed by atoms with Crippen LogP contribution in [-0.2, 0) is 28.8 Å². The second kappa shape index (κ2) is 9.54. The van der Waals surface area contributed by atoms with E-state index in [0.717, 1.165) is 39.8 Å². The molecule has 0 aromatic heterocycles. The van der Waals surface area contributed by atoms with Crippen molar-refractivity contribution in [3.8, 4) is 0 Å². The molecular weight excluding hydrogens is 502 g/mol. The van der Waals surface area contributed by atoms with Gasteiger partial charge in [-0.25, -0.2) is 4.79 Å². The van der Waals surface area contributed by atoms with Gasteiger partial charge in [-0.1, -0.05) is 54.1 Å². The largest absolute Gasteiger partial charge is 0.456 e. The van der Waals surface area contributed by atoms with Gasteiger partial charge in [0.1, 0.15) is 6.04 Å². The first-order valence-corrected chi connectivity index (χ1v) is 12.7. The molecule has 0 saturated carbocycles. The number of Topliss-reactive ketones (excluding diaryl/α,β-unsaturated/α-hetero) is 1. The molecule has 1 aliphatic heterocycles. The molecule has 38 heavy (non-hydrogen) atoms. The summed E-state index contributed by atoms with van der Waals surface area (Å²) in [5, 5.41) is 2.11. The standard InChI is InChI=1S/C31H22ClNO5/c32-22-12-8-19(9-13-22)26(34)17-38-31(37)25(16-18-4-2-1-3-5-18)33-29(35)23-14-10-20-6-7-21-11-15-24(30(33)36)28(23)27(20)21/h1-5,8-15,25H,6-7,16-17H2/t25-/m0/s1. The van der Waals surface area contributed by atoms with Crippen molar-refractivity contribution in [2.45, 2.75) is 25.3 Å². The minimum Gasteiger partial charge on any atom is -0.456 e. The summed E-state index contributed by atoms with van der Waals surface area (Å²) >= 11 is 5.90.